The van der Waals surface area contributed by atoms with Crippen molar-refractivity contribution in [2.75, 3.05) is 42.2 Å². The molecule has 22 heavy (non-hydrogen) atoms. The first-order valence-corrected chi connectivity index (χ1v) is 6.67. The molecule has 1 aromatic rings. The summed E-state index contributed by atoms with van der Waals surface area (Å²) in [5.41, 5.74) is 0.470. The zero-order valence-corrected chi connectivity index (χ0v) is 13.8. The first-order valence-electron chi connectivity index (χ1n) is 6.67. The van der Waals surface area contributed by atoms with Gasteiger partial charge in [-0.05, 0) is 6.92 Å². The van der Waals surface area contributed by atoms with E-state index in [1.807, 2.05) is 0 Å². The van der Waals surface area contributed by atoms with E-state index in [0.29, 0.717) is 34.3 Å². The van der Waals surface area contributed by atoms with Gasteiger partial charge in [-0.2, -0.15) is 0 Å². The smallest absolute Gasteiger partial charge is 0.310 e. The summed E-state index contributed by atoms with van der Waals surface area (Å²) < 4.78 is 31.8. The summed E-state index contributed by atoms with van der Waals surface area (Å²) in [5, 5.41) is 0. The number of esters is 1. The van der Waals surface area contributed by atoms with E-state index in [-0.39, 0.29) is 13.0 Å². The lowest BCUT2D eigenvalue weighted by Crippen LogP contribution is -2.11. The molecule has 7 heteroatoms. The third-order valence-electron chi connectivity index (χ3n) is 3.02. The fourth-order valence-electron chi connectivity index (χ4n) is 2.19. The third-order valence-corrected chi connectivity index (χ3v) is 3.02. The van der Waals surface area contributed by atoms with Crippen LogP contribution in [0.2, 0.25) is 0 Å². The van der Waals surface area contributed by atoms with Crippen LogP contribution in [0.25, 0.3) is 0 Å². The Morgan fingerprint density at radius 1 is 0.727 bits per heavy atom. The number of rotatable bonds is 8. The highest BCUT2D eigenvalue weighted by Gasteiger charge is 2.29. The van der Waals surface area contributed by atoms with Gasteiger partial charge in [0.25, 0.3) is 0 Å². The Kier molecular flexibility index (Phi) is 6.62. The van der Waals surface area contributed by atoms with Crippen LogP contribution in [0.3, 0.4) is 0 Å². The topological polar surface area (TPSA) is 72.5 Å². The standard InChI is InChI=1S/C15H22O7/c1-7-22-10(16)8-9-11(17-2)13(19-4)15(21-6)14(20-5)12(9)18-3/h7-8H2,1-6H3. The minimum Gasteiger partial charge on any atom is -0.492 e. The predicted molar refractivity (Wildman–Crippen MR) is 79.5 cm³/mol. The summed E-state index contributed by atoms with van der Waals surface area (Å²) >= 11 is 0. The van der Waals surface area contributed by atoms with Gasteiger partial charge in [-0.1, -0.05) is 0 Å². The van der Waals surface area contributed by atoms with Gasteiger partial charge in [-0.3, -0.25) is 4.79 Å². The molecule has 0 atom stereocenters. The summed E-state index contributed by atoms with van der Waals surface area (Å²) in [6.45, 7) is 2.02. The van der Waals surface area contributed by atoms with Crippen molar-refractivity contribution in [2.45, 2.75) is 13.3 Å². The Morgan fingerprint density at radius 2 is 1.09 bits per heavy atom. The molecule has 1 aromatic carbocycles. The average Bonchev–Trinajstić information content (AvgIpc) is 2.53. The summed E-state index contributed by atoms with van der Waals surface area (Å²) in [5.74, 6) is 1.23. The normalized spacial score (nSPS) is 9.91. The zero-order chi connectivity index (χ0) is 16.7. The molecule has 7 nitrogen and oxygen atoms in total. The molecule has 0 radical (unpaired) electrons. The van der Waals surface area contributed by atoms with E-state index in [4.69, 9.17) is 28.4 Å². The highest BCUT2D eigenvalue weighted by molar-refractivity contribution is 5.79. The number of benzene rings is 1. The van der Waals surface area contributed by atoms with Crippen LogP contribution in [-0.2, 0) is 16.0 Å². The first kappa shape index (κ1) is 17.7. The maximum Gasteiger partial charge on any atom is 0.310 e. The lowest BCUT2D eigenvalue weighted by Gasteiger charge is -2.21. The van der Waals surface area contributed by atoms with Gasteiger partial charge in [0.05, 0.1) is 54.1 Å². The van der Waals surface area contributed by atoms with Gasteiger partial charge >= 0.3 is 5.97 Å². The van der Waals surface area contributed by atoms with Crippen LogP contribution >= 0.6 is 0 Å². The van der Waals surface area contributed by atoms with Crippen molar-refractivity contribution in [2.24, 2.45) is 0 Å². The molecule has 0 aliphatic heterocycles. The molecule has 0 aliphatic carbocycles. The van der Waals surface area contributed by atoms with Crippen molar-refractivity contribution >= 4 is 5.97 Å². The van der Waals surface area contributed by atoms with E-state index in [0.717, 1.165) is 0 Å². The second kappa shape index (κ2) is 8.21. The van der Waals surface area contributed by atoms with Crippen molar-refractivity contribution in [1.82, 2.24) is 0 Å². The quantitative estimate of drug-likeness (QED) is 0.678. The maximum absolute atomic E-state index is 11.9. The Labute approximate surface area is 130 Å². The van der Waals surface area contributed by atoms with Crippen LogP contribution in [-0.4, -0.2) is 48.1 Å². The van der Waals surface area contributed by atoms with Gasteiger partial charge in [-0.15, -0.1) is 0 Å². The van der Waals surface area contributed by atoms with Gasteiger partial charge in [0, 0.05) is 0 Å². The second-order valence-electron chi connectivity index (χ2n) is 4.13. The van der Waals surface area contributed by atoms with Crippen molar-refractivity contribution in [3.8, 4) is 28.7 Å². The van der Waals surface area contributed by atoms with E-state index in [1.165, 1.54) is 35.5 Å². The second-order valence-corrected chi connectivity index (χ2v) is 4.13. The van der Waals surface area contributed by atoms with Gasteiger partial charge in [0.1, 0.15) is 0 Å². The molecule has 0 unspecified atom stereocenters. The van der Waals surface area contributed by atoms with Crippen molar-refractivity contribution in [3.63, 3.8) is 0 Å². The summed E-state index contributed by atoms with van der Waals surface area (Å²) in [6.07, 6.45) is -0.0447. The minimum atomic E-state index is -0.409. The molecule has 0 amide bonds. The molecule has 1 rings (SSSR count). The number of methoxy groups -OCH3 is 5. The lowest BCUT2D eigenvalue weighted by atomic mass is 10.1. The SMILES string of the molecule is CCOC(=O)Cc1c(OC)c(OC)c(OC)c(OC)c1OC. The molecule has 0 aliphatic rings. The molecule has 0 bridgehead atoms. The number of carbonyl (C=O) groups is 1. The van der Waals surface area contributed by atoms with Crippen LogP contribution < -0.4 is 23.7 Å². The summed E-state index contributed by atoms with van der Waals surface area (Å²) in [4.78, 5) is 11.9. The van der Waals surface area contributed by atoms with E-state index >= 15 is 0 Å². The lowest BCUT2D eigenvalue weighted by molar-refractivity contribution is -0.142. The average molecular weight is 314 g/mol. The van der Waals surface area contributed by atoms with E-state index in [1.54, 1.807) is 6.92 Å². The van der Waals surface area contributed by atoms with Crippen LogP contribution in [0.1, 0.15) is 12.5 Å². The monoisotopic (exact) mass is 314 g/mol. The van der Waals surface area contributed by atoms with Crippen molar-refractivity contribution < 1.29 is 33.2 Å². The van der Waals surface area contributed by atoms with Crippen LogP contribution in [0.5, 0.6) is 28.7 Å². The van der Waals surface area contributed by atoms with Crippen LogP contribution in [0.4, 0.5) is 0 Å². The fraction of sp³-hybridized carbons (Fsp3) is 0.533. The molecular formula is C15H22O7. The van der Waals surface area contributed by atoms with Crippen LogP contribution in [0.15, 0.2) is 0 Å². The molecule has 0 spiro atoms. The predicted octanol–water partition coefficient (Wildman–Crippen LogP) is 1.84. The highest BCUT2D eigenvalue weighted by Crippen LogP contribution is 2.53. The van der Waals surface area contributed by atoms with Crippen LogP contribution in [0, 0.1) is 0 Å². The molecule has 0 saturated heterocycles. The van der Waals surface area contributed by atoms with Gasteiger partial charge < -0.3 is 28.4 Å². The maximum atomic E-state index is 11.9. The molecule has 0 fully saturated rings. The Morgan fingerprint density at radius 3 is 1.41 bits per heavy atom. The minimum absolute atomic E-state index is 0.0447. The largest absolute Gasteiger partial charge is 0.492 e. The Balaban J connectivity index is 3.60. The molecule has 124 valence electrons. The number of carbonyl (C=O) groups excluding carboxylic acids is 1. The van der Waals surface area contributed by atoms with Crippen molar-refractivity contribution in [1.29, 1.82) is 0 Å². The fourth-order valence-corrected chi connectivity index (χ4v) is 2.19. The zero-order valence-electron chi connectivity index (χ0n) is 13.8. The molecule has 0 aromatic heterocycles. The first-order chi connectivity index (χ1) is 10.6. The van der Waals surface area contributed by atoms with Crippen molar-refractivity contribution in [3.05, 3.63) is 5.56 Å². The highest BCUT2D eigenvalue weighted by atomic mass is 16.6. The molecule has 0 saturated carbocycles. The summed E-state index contributed by atoms with van der Waals surface area (Å²) in [7, 11) is 7.36. The van der Waals surface area contributed by atoms with Gasteiger partial charge in [-0.25, -0.2) is 0 Å². The number of ether oxygens (including phenoxy) is 6. The number of hydrogen-bond donors (Lipinski definition) is 0. The molecule has 0 heterocycles. The Hall–Kier alpha value is -2.31. The van der Waals surface area contributed by atoms with Gasteiger partial charge in [0.15, 0.2) is 11.5 Å². The van der Waals surface area contributed by atoms with E-state index in [9.17, 15) is 4.79 Å². The van der Waals surface area contributed by atoms with E-state index < -0.39 is 5.97 Å². The summed E-state index contributed by atoms with van der Waals surface area (Å²) in [6, 6.07) is 0. The van der Waals surface area contributed by atoms with Gasteiger partial charge in [0.2, 0.25) is 17.2 Å². The molecular weight excluding hydrogens is 292 g/mol. The number of hydrogen-bond acceptors (Lipinski definition) is 7. The van der Waals surface area contributed by atoms with E-state index in [2.05, 4.69) is 0 Å². The Bertz CT molecular complexity index is 492. The molecule has 0 N–H and O–H groups in total. The third kappa shape index (κ3) is 3.29.